The van der Waals surface area contributed by atoms with Gasteiger partial charge in [0.2, 0.25) is 0 Å². The van der Waals surface area contributed by atoms with Gasteiger partial charge in [0.1, 0.15) is 5.78 Å². The van der Waals surface area contributed by atoms with Crippen LogP contribution in [-0.2, 0) is 16.0 Å². The molecule has 4 heteroatoms. The summed E-state index contributed by atoms with van der Waals surface area (Å²) in [6, 6.07) is 6.93. The Kier molecular flexibility index (Phi) is 6.50. The maximum absolute atomic E-state index is 11.6. The van der Waals surface area contributed by atoms with E-state index in [0.29, 0.717) is 18.6 Å². The van der Waals surface area contributed by atoms with Gasteiger partial charge in [-0.2, -0.15) is 12.6 Å². The molecule has 0 N–H and O–H groups in total. The Morgan fingerprint density at radius 2 is 1.89 bits per heavy atom. The van der Waals surface area contributed by atoms with Crippen LogP contribution in [0.3, 0.4) is 0 Å². The van der Waals surface area contributed by atoms with Crippen LogP contribution in [0.2, 0.25) is 0 Å². The van der Waals surface area contributed by atoms with Gasteiger partial charge in [0.05, 0.1) is 12.2 Å². The van der Waals surface area contributed by atoms with Crippen molar-refractivity contribution >= 4 is 24.4 Å². The van der Waals surface area contributed by atoms with Gasteiger partial charge in [-0.25, -0.2) is 4.79 Å². The van der Waals surface area contributed by atoms with Crippen LogP contribution >= 0.6 is 12.6 Å². The minimum absolute atomic E-state index is 0.0663. The van der Waals surface area contributed by atoms with Gasteiger partial charge in [-0.3, -0.25) is 4.79 Å². The third-order valence-electron chi connectivity index (χ3n) is 2.50. The number of esters is 1. The Morgan fingerprint density at radius 3 is 2.44 bits per heavy atom. The number of unbranched alkanes of at least 4 members (excludes halogenated alkanes) is 1. The van der Waals surface area contributed by atoms with Crippen LogP contribution in [-0.4, -0.2) is 24.1 Å². The highest BCUT2D eigenvalue weighted by molar-refractivity contribution is 7.81. The Morgan fingerprint density at radius 1 is 1.22 bits per heavy atom. The summed E-state index contributed by atoms with van der Waals surface area (Å²) < 4.78 is 5.09. The third-order valence-corrected chi connectivity index (χ3v) is 2.85. The van der Waals surface area contributed by atoms with E-state index in [9.17, 15) is 9.59 Å². The van der Waals surface area contributed by atoms with E-state index in [1.807, 2.05) is 6.92 Å². The molecular weight excluding hydrogens is 248 g/mol. The molecule has 0 saturated heterocycles. The van der Waals surface area contributed by atoms with Crippen molar-refractivity contribution in [2.24, 2.45) is 0 Å². The monoisotopic (exact) mass is 266 g/mol. The molecule has 0 radical (unpaired) electrons. The average molecular weight is 266 g/mol. The number of benzene rings is 1. The second-order valence-corrected chi connectivity index (χ2v) is 4.38. The highest BCUT2D eigenvalue weighted by atomic mass is 32.1. The number of ether oxygens (including phenoxy) is 1. The number of rotatable bonds is 7. The molecule has 0 fully saturated rings. The third kappa shape index (κ3) is 4.92. The van der Waals surface area contributed by atoms with Gasteiger partial charge in [0, 0.05) is 12.2 Å². The Balaban J connectivity index is 2.54. The van der Waals surface area contributed by atoms with Gasteiger partial charge >= 0.3 is 5.97 Å². The molecule has 18 heavy (non-hydrogen) atoms. The van der Waals surface area contributed by atoms with Crippen molar-refractivity contribution in [1.29, 1.82) is 0 Å². The summed E-state index contributed by atoms with van der Waals surface area (Å²) in [5.41, 5.74) is 1.41. The first-order valence-electron chi connectivity index (χ1n) is 6.06. The quantitative estimate of drug-likeness (QED) is 0.469. The minimum atomic E-state index is -0.310. The highest BCUT2D eigenvalue weighted by Gasteiger charge is 2.07. The second-order valence-electron chi connectivity index (χ2n) is 4.06. The van der Waals surface area contributed by atoms with Crippen LogP contribution < -0.4 is 0 Å². The maximum Gasteiger partial charge on any atom is 0.338 e. The molecule has 0 spiro atoms. The van der Waals surface area contributed by atoms with E-state index in [0.717, 1.165) is 18.4 Å². The lowest BCUT2D eigenvalue weighted by Crippen LogP contribution is -2.07. The minimum Gasteiger partial charge on any atom is -0.462 e. The molecule has 0 aliphatic carbocycles. The molecule has 0 aliphatic rings. The van der Waals surface area contributed by atoms with Crippen LogP contribution in [0.25, 0.3) is 0 Å². The fraction of sp³-hybridized carbons (Fsp3) is 0.429. The van der Waals surface area contributed by atoms with Crippen molar-refractivity contribution in [3.8, 4) is 0 Å². The average Bonchev–Trinajstić information content (AvgIpc) is 2.39. The van der Waals surface area contributed by atoms with E-state index >= 15 is 0 Å². The van der Waals surface area contributed by atoms with Crippen LogP contribution in [0.15, 0.2) is 24.3 Å². The lowest BCUT2D eigenvalue weighted by molar-refractivity contribution is -0.115. The summed E-state index contributed by atoms with van der Waals surface area (Å²) in [6.45, 7) is 2.50. The number of Topliss-reactive ketones (excluding diaryl/α,β-unsaturated/α-hetero) is 1. The molecular formula is C14H18O3S. The number of carbonyl (C=O) groups is 2. The lowest BCUT2D eigenvalue weighted by atomic mass is 10.1. The van der Waals surface area contributed by atoms with Crippen molar-refractivity contribution in [1.82, 2.24) is 0 Å². The Labute approximate surface area is 113 Å². The zero-order chi connectivity index (χ0) is 13.4. The van der Waals surface area contributed by atoms with E-state index in [2.05, 4.69) is 12.6 Å². The Bertz CT molecular complexity index is 398. The summed E-state index contributed by atoms with van der Waals surface area (Å²) in [4.78, 5) is 22.8. The van der Waals surface area contributed by atoms with Crippen LogP contribution in [0.1, 0.15) is 35.7 Å². The fourth-order valence-corrected chi connectivity index (χ4v) is 1.55. The maximum atomic E-state index is 11.6. The summed E-state index contributed by atoms with van der Waals surface area (Å²) in [7, 11) is 0. The summed E-state index contributed by atoms with van der Waals surface area (Å²) >= 11 is 3.92. The zero-order valence-corrected chi connectivity index (χ0v) is 11.4. The fourth-order valence-electron chi connectivity index (χ4n) is 1.43. The summed E-state index contributed by atoms with van der Waals surface area (Å²) in [5.74, 6) is -0.00649. The zero-order valence-electron chi connectivity index (χ0n) is 10.5. The molecule has 0 atom stereocenters. The van der Waals surface area contributed by atoms with Gasteiger partial charge in [-0.1, -0.05) is 25.5 Å². The molecule has 98 valence electrons. The first-order valence-corrected chi connectivity index (χ1v) is 6.69. The molecule has 1 aromatic rings. The van der Waals surface area contributed by atoms with Crippen molar-refractivity contribution < 1.29 is 14.3 Å². The predicted octanol–water partition coefficient (Wildman–Crippen LogP) is 2.68. The normalized spacial score (nSPS) is 10.1. The molecule has 0 aromatic heterocycles. The SMILES string of the molecule is CCCCOC(=O)c1ccc(CC(=O)CS)cc1. The molecule has 0 bridgehead atoms. The van der Waals surface area contributed by atoms with E-state index < -0.39 is 0 Å². The Hall–Kier alpha value is -1.29. The van der Waals surface area contributed by atoms with Crippen molar-refractivity contribution in [2.75, 3.05) is 12.4 Å². The lowest BCUT2D eigenvalue weighted by Gasteiger charge is -2.04. The van der Waals surface area contributed by atoms with E-state index in [1.54, 1.807) is 24.3 Å². The molecule has 0 aliphatic heterocycles. The van der Waals surface area contributed by atoms with E-state index in [-0.39, 0.29) is 17.5 Å². The van der Waals surface area contributed by atoms with Crippen LogP contribution in [0.4, 0.5) is 0 Å². The summed E-state index contributed by atoms with van der Waals surface area (Å²) in [6.07, 6.45) is 2.23. The molecule has 0 saturated carbocycles. The molecule has 0 amide bonds. The van der Waals surface area contributed by atoms with Gasteiger partial charge in [-0.15, -0.1) is 0 Å². The number of ketones is 1. The van der Waals surface area contributed by atoms with Crippen LogP contribution in [0, 0.1) is 0 Å². The number of carbonyl (C=O) groups excluding carboxylic acids is 2. The highest BCUT2D eigenvalue weighted by Crippen LogP contribution is 2.08. The van der Waals surface area contributed by atoms with Gasteiger partial charge < -0.3 is 4.74 Å². The van der Waals surface area contributed by atoms with E-state index in [1.165, 1.54) is 0 Å². The molecule has 1 aromatic carbocycles. The molecule has 1 rings (SSSR count). The van der Waals surface area contributed by atoms with Crippen molar-refractivity contribution in [3.05, 3.63) is 35.4 Å². The van der Waals surface area contributed by atoms with Crippen molar-refractivity contribution in [3.63, 3.8) is 0 Å². The second kappa shape index (κ2) is 7.93. The van der Waals surface area contributed by atoms with Gasteiger partial charge in [0.15, 0.2) is 0 Å². The molecule has 0 heterocycles. The number of hydrogen-bond donors (Lipinski definition) is 1. The first-order chi connectivity index (χ1) is 8.67. The number of hydrogen-bond acceptors (Lipinski definition) is 4. The molecule has 3 nitrogen and oxygen atoms in total. The van der Waals surface area contributed by atoms with Crippen molar-refractivity contribution in [2.45, 2.75) is 26.2 Å². The topological polar surface area (TPSA) is 43.4 Å². The first kappa shape index (κ1) is 14.8. The molecule has 0 unspecified atom stereocenters. The standard InChI is InChI=1S/C14H18O3S/c1-2-3-8-17-14(16)12-6-4-11(5-7-12)9-13(15)10-18/h4-7,18H,2-3,8-10H2,1H3. The van der Waals surface area contributed by atoms with Crippen LogP contribution in [0.5, 0.6) is 0 Å². The van der Waals surface area contributed by atoms with E-state index in [4.69, 9.17) is 4.74 Å². The largest absolute Gasteiger partial charge is 0.462 e. The van der Waals surface area contributed by atoms with Gasteiger partial charge in [-0.05, 0) is 24.1 Å². The summed E-state index contributed by atoms with van der Waals surface area (Å²) in [5, 5.41) is 0. The smallest absolute Gasteiger partial charge is 0.338 e. The van der Waals surface area contributed by atoms with Gasteiger partial charge in [0.25, 0.3) is 0 Å². The predicted molar refractivity (Wildman–Crippen MR) is 74.2 cm³/mol. The number of thiol groups is 1.